The van der Waals surface area contributed by atoms with Crippen LogP contribution < -0.4 is 11.1 Å². The van der Waals surface area contributed by atoms with Crippen LogP contribution in [0.3, 0.4) is 0 Å². The Kier molecular flexibility index (Phi) is 5.51. The van der Waals surface area contributed by atoms with Crippen LogP contribution in [-0.4, -0.2) is 36.3 Å². The average molecular weight is 263 g/mol. The van der Waals surface area contributed by atoms with Crippen LogP contribution in [0.1, 0.15) is 29.8 Å². The maximum atomic E-state index is 11.8. The number of amides is 2. The van der Waals surface area contributed by atoms with Crippen LogP contribution >= 0.6 is 0 Å². The van der Waals surface area contributed by atoms with Gasteiger partial charge in [0, 0.05) is 25.7 Å². The van der Waals surface area contributed by atoms with Crippen LogP contribution in [0.25, 0.3) is 0 Å². The summed E-state index contributed by atoms with van der Waals surface area (Å²) in [6.45, 7) is 5.04. The van der Waals surface area contributed by atoms with Gasteiger partial charge in [0.1, 0.15) is 0 Å². The van der Waals surface area contributed by atoms with E-state index in [1.165, 1.54) is 0 Å². The van der Waals surface area contributed by atoms with E-state index >= 15 is 0 Å². The number of benzene rings is 1. The second-order valence-corrected chi connectivity index (χ2v) is 4.52. The number of carbonyl (C=O) groups is 2. The summed E-state index contributed by atoms with van der Waals surface area (Å²) in [5.41, 5.74) is 6.66. The van der Waals surface area contributed by atoms with Gasteiger partial charge in [0.15, 0.2) is 0 Å². The molecule has 0 radical (unpaired) electrons. The molecule has 3 N–H and O–H groups in total. The summed E-state index contributed by atoms with van der Waals surface area (Å²) in [5.74, 6) is -0.371. The van der Waals surface area contributed by atoms with E-state index in [9.17, 15) is 9.59 Å². The first kappa shape index (κ1) is 15.2. The maximum absolute atomic E-state index is 11.8. The number of hydrogen-bond acceptors (Lipinski definition) is 3. The van der Waals surface area contributed by atoms with Crippen molar-refractivity contribution in [1.29, 1.82) is 0 Å². The quantitative estimate of drug-likeness (QED) is 0.795. The van der Waals surface area contributed by atoms with Crippen LogP contribution in [0.15, 0.2) is 24.3 Å². The molecule has 1 rings (SSSR count). The minimum Gasteiger partial charge on any atom is -0.366 e. The lowest BCUT2D eigenvalue weighted by Gasteiger charge is -2.20. The lowest BCUT2D eigenvalue weighted by Crippen LogP contribution is -2.42. The zero-order valence-electron chi connectivity index (χ0n) is 11.6. The van der Waals surface area contributed by atoms with Gasteiger partial charge in [-0.05, 0) is 31.5 Å². The Morgan fingerprint density at radius 3 is 2.37 bits per heavy atom. The number of rotatable bonds is 6. The molecule has 0 aromatic heterocycles. The molecule has 1 unspecified atom stereocenters. The summed E-state index contributed by atoms with van der Waals surface area (Å²) < 4.78 is 0. The van der Waals surface area contributed by atoms with E-state index < -0.39 is 5.91 Å². The molecule has 0 fully saturated rings. The van der Waals surface area contributed by atoms with E-state index in [-0.39, 0.29) is 11.9 Å². The summed E-state index contributed by atoms with van der Waals surface area (Å²) in [5, 5.41) is 3.16. The fourth-order valence-electron chi connectivity index (χ4n) is 1.63. The van der Waals surface area contributed by atoms with Gasteiger partial charge in [-0.25, -0.2) is 0 Å². The van der Waals surface area contributed by atoms with Crippen molar-refractivity contribution in [3.63, 3.8) is 0 Å². The number of nitrogens with zero attached hydrogens (tertiary/aromatic N) is 1. The molecule has 19 heavy (non-hydrogen) atoms. The molecule has 1 atom stereocenters. The lowest BCUT2D eigenvalue weighted by atomic mass is 10.1. The highest BCUT2D eigenvalue weighted by Crippen LogP contribution is 2.04. The van der Waals surface area contributed by atoms with Crippen molar-refractivity contribution >= 4 is 11.8 Å². The first-order chi connectivity index (χ1) is 8.95. The van der Waals surface area contributed by atoms with Crippen molar-refractivity contribution in [3.8, 4) is 0 Å². The summed E-state index contributed by atoms with van der Waals surface area (Å²) in [6.07, 6.45) is 0. The molecule has 0 aliphatic heterocycles. The van der Waals surface area contributed by atoms with E-state index in [0.717, 1.165) is 5.56 Å². The Labute approximate surface area is 113 Å². The molecule has 0 saturated carbocycles. The van der Waals surface area contributed by atoms with Gasteiger partial charge in [0.2, 0.25) is 11.8 Å². The van der Waals surface area contributed by atoms with Gasteiger partial charge in [-0.15, -0.1) is 0 Å². The van der Waals surface area contributed by atoms with Crippen molar-refractivity contribution in [2.45, 2.75) is 26.4 Å². The van der Waals surface area contributed by atoms with Crippen LogP contribution in [0, 0.1) is 0 Å². The molecule has 1 aromatic rings. The predicted molar refractivity (Wildman–Crippen MR) is 74.6 cm³/mol. The number of hydrogen-bond donors (Lipinski definition) is 2. The summed E-state index contributed by atoms with van der Waals surface area (Å²) >= 11 is 0. The number of likely N-dealkylation sites (N-methyl/N-ethyl adjacent to an activating group) is 1. The highest BCUT2D eigenvalue weighted by atomic mass is 16.2. The zero-order chi connectivity index (χ0) is 14.4. The second kappa shape index (κ2) is 6.89. The average Bonchev–Trinajstić information content (AvgIpc) is 2.43. The topological polar surface area (TPSA) is 75.4 Å². The molecule has 0 aliphatic rings. The fraction of sp³-hybridized carbons (Fsp3) is 0.429. The van der Waals surface area contributed by atoms with Crippen molar-refractivity contribution in [2.24, 2.45) is 5.73 Å². The molecule has 5 heteroatoms. The molecule has 2 amide bonds. The molecule has 0 bridgehead atoms. The van der Waals surface area contributed by atoms with E-state index in [1.54, 1.807) is 24.1 Å². The third-order valence-electron chi connectivity index (χ3n) is 3.07. The van der Waals surface area contributed by atoms with Crippen molar-refractivity contribution in [3.05, 3.63) is 35.4 Å². The monoisotopic (exact) mass is 263 g/mol. The van der Waals surface area contributed by atoms with Crippen molar-refractivity contribution < 1.29 is 9.59 Å². The molecule has 0 aliphatic carbocycles. The Balaban J connectivity index is 2.52. The summed E-state index contributed by atoms with van der Waals surface area (Å²) in [7, 11) is 1.78. The largest absolute Gasteiger partial charge is 0.366 e. The minimum absolute atomic E-state index is 0.0660. The molecule has 1 aromatic carbocycles. The van der Waals surface area contributed by atoms with E-state index in [0.29, 0.717) is 18.7 Å². The third-order valence-corrected chi connectivity index (χ3v) is 3.07. The Hall–Kier alpha value is -1.88. The Morgan fingerprint density at radius 1 is 1.32 bits per heavy atom. The Bertz CT molecular complexity index is 443. The minimum atomic E-state index is -0.437. The maximum Gasteiger partial charge on any atom is 0.248 e. The normalized spacial score (nSPS) is 11.9. The Morgan fingerprint density at radius 2 is 1.89 bits per heavy atom. The number of carbonyl (C=O) groups excluding carboxylic acids is 2. The molecule has 104 valence electrons. The summed E-state index contributed by atoms with van der Waals surface area (Å²) in [6, 6.07) is 6.79. The first-order valence-corrected chi connectivity index (χ1v) is 6.32. The molecular formula is C14H21N3O2. The smallest absolute Gasteiger partial charge is 0.248 e. The predicted octanol–water partition coefficient (Wildman–Crippen LogP) is 0.742. The SMILES string of the molecule is CCN(C)C(=O)C(C)NCc1ccc(C(N)=O)cc1. The van der Waals surface area contributed by atoms with Crippen LogP contribution in [0.5, 0.6) is 0 Å². The van der Waals surface area contributed by atoms with Gasteiger partial charge in [-0.2, -0.15) is 0 Å². The highest BCUT2D eigenvalue weighted by molar-refractivity contribution is 5.92. The third kappa shape index (κ3) is 4.37. The van der Waals surface area contributed by atoms with Crippen LogP contribution in [0.4, 0.5) is 0 Å². The number of primary amides is 1. The molecular weight excluding hydrogens is 242 g/mol. The van der Waals surface area contributed by atoms with E-state index in [2.05, 4.69) is 5.32 Å². The van der Waals surface area contributed by atoms with Gasteiger partial charge < -0.3 is 16.0 Å². The van der Waals surface area contributed by atoms with Crippen LogP contribution in [-0.2, 0) is 11.3 Å². The van der Waals surface area contributed by atoms with E-state index in [4.69, 9.17) is 5.73 Å². The number of nitrogens with two attached hydrogens (primary N) is 1. The second-order valence-electron chi connectivity index (χ2n) is 4.52. The standard InChI is InChI=1S/C14H21N3O2/c1-4-17(3)14(19)10(2)16-9-11-5-7-12(8-6-11)13(15)18/h5-8,10,16H,4,9H2,1-3H3,(H2,15,18). The van der Waals surface area contributed by atoms with Gasteiger partial charge >= 0.3 is 0 Å². The van der Waals surface area contributed by atoms with Gasteiger partial charge in [0.05, 0.1) is 6.04 Å². The highest BCUT2D eigenvalue weighted by Gasteiger charge is 2.15. The van der Waals surface area contributed by atoms with Crippen LogP contribution in [0.2, 0.25) is 0 Å². The lowest BCUT2D eigenvalue weighted by molar-refractivity contribution is -0.131. The van der Waals surface area contributed by atoms with Crippen molar-refractivity contribution in [1.82, 2.24) is 10.2 Å². The van der Waals surface area contributed by atoms with Gasteiger partial charge in [-0.3, -0.25) is 9.59 Å². The zero-order valence-corrected chi connectivity index (χ0v) is 11.6. The number of nitrogens with one attached hydrogen (secondary N) is 1. The first-order valence-electron chi connectivity index (χ1n) is 6.32. The molecule has 0 spiro atoms. The molecule has 5 nitrogen and oxygen atoms in total. The molecule has 0 saturated heterocycles. The van der Waals surface area contributed by atoms with Gasteiger partial charge in [0.25, 0.3) is 0 Å². The van der Waals surface area contributed by atoms with Crippen molar-refractivity contribution in [2.75, 3.05) is 13.6 Å². The van der Waals surface area contributed by atoms with E-state index in [1.807, 2.05) is 26.0 Å². The van der Waals surface area contributed by atoms with Gasteiger partial charge in [-0.1, -0.05) is 12.1 Å². The molecule has 0 heterocycles. The summed E-state index contributed by atoms with van der Waals surface area (Å²) in [4.78, 5) is 24.4. The fourth-order valence-corrected chi connectivity index (χ4v) is 1.63.